The van der Waals surface area contributed by atoms with E-state index in [1.165, 1.54) is 12.5 Å². The van der Waals surface area contributed by atoms with Gasteiger partial charge in [-0.1, -0.05) is 0 Å². The number of carbonyl (C=O) groups excluding carboxylic acids is 3. The zero-order valence-corrected chi connectivity index (χ0v) is 15.8. The molecular formula is C16H24N6O8. The van der Waals surface area contributed by atoms with Crippen LogP contribution in [-0.4, -0.2) is 86.2 Å². The van der Waals surface area contributed by atoms with Gasteiger partial charge in [-0.05, 0) is 6.42 Å². The predicted molar refractivity (Wildman–Crippen MR) is 98.7 cm³/mol. The molecule has 1 heterocycles. The molecule has 14 heteroatoms. The lowest BCUT2D eigenvalue weighted by molar-refractivity contribution is -0.143. The first-order valence-electron chi connectivity index (χ1n) is 8.79. The van der Waals surface area contributed by atoms with Gasteiger partial charge in [0.1, 0.15) is 18.1 Å². The Balaban J connectivity index is 2.68. The van der Waals surface area contributed by atoms with Crippen LogP contribution in [0.3, 0.4) is 0 Å². The average Bonchev–Trinajstić information content (AvgIpc) is 3.20. The van der Waals surface area contributed by atoms with Crippen LogP contribution in [0.15, 0.2) is 12.5 Å². The largest absolute Gasteiger partial charge is 0.481 e. The number of aromatic nitrogens is 2. The second-order valence-electron chi connectivity index (χ2n) is 6.24. The predicted octanol–water partition coefficient (Wildman–Crippen LogP) is -3.69. The van der Waals surface area contributed by atoms with Crippen molar-refractivity contribution in [1.29, 1.82) is 0 Å². The molecule has 1 rings (SSSR count). The number of nitrogens with one attached hydrogen (secondary N) is 4. The fraction of sp³-hybridized carbons (Fsp3) is 0.500. The van der Waals surface area contributed by atoms with Crippen molar-refractivity contribution in [3.63, 3.8) is 0 Å². The lowest BCUT2D eigenvalue weighted by Crippen LogP contribution is -2.54. The standard InChI is InChI=1S/C16H24N6O8/c17-9(6-23)14(27)22-11(3-8-4-18-7-20-8)15(28)19-5-12(24)21-10(16(29)30)1-2-13(25)26/h4,7,9-11,23H,1-3,5-6,17H2,(H,18,20)(H,19,28)(H,21,24)(H,22,27)(H,25,26)(H,29,30). The summed E-state index contributed by atoms with van der Waals surface area (Å²) in [4.78, 5) is 64.5. The topological polar surface area (TPSA) is 237 Å². The van der Waals surface area contributed by atoms with E-state index in [1.54, 1.807) is 0 Å². The third-order valence-corrected chi connectivity index (χ3v) is 3.85. The SMILES string of the molecule is NC(CO)C(=O)NC(Cc1cnc[nH]1)C(=O)NCC(=O)NC(CCC(=O)O)C(=O)O. The number of nitrogens with zero attached hydrogens (tertiary/aromatic N) is 1. The summed E-state index contributed by atoms with van der Waals surface area (Å²) in [5, 5.41) is 33.3. The molecule has 30 heavy (non-hydrogen) atoms. The monoisotopic (exact) mass is 428 g/mol. The molecule has 0 saturated carbocycles. The maximum atomic E-state index is 12.4. The summed E-state index contributed by atoms with van der Waals surface area (Å²) in [6.07, 6.45) is 1.97. The van der Waals surface area contributed by atoms with Crippen molar-refractivity contribution < 1.29 is 39.3 Å². The van der Waals surface area contributed by atoms with Crippen LogP contribution >= 0.6 is 0 Å². The van der Waals surface area contributed by atoms with E-state index in [9.17, 15) is 24.0 Å². The van der Waals surface area contributed by atoms with Gasteiger partial charge in [-0.25, -0.2) is 9.78 Å². The number of aliphatic hydroxyl groups excluding tert-OH is 1. The molecule has 0 aromatic carbocycles. The summed E-state index contributed by atoms with van der Waals surface area (Å²) in [7, 11) is 0. The Labute approximate surface area is 170 Å². The van der Waals surface area contributed by atoms with E-state index in [0.29, 0.717) is 5.69 Å². The number of aromatic amines is 1. The minimum atomic E-state index is -1.44. The number of hydrogen-bond acceptors (Lipinski definition) is 8. The number of aliphatic hydroxyl groups is 1. The maximum absolute atomic E-state index is 12.4. The van der Waals surface area contributed by atoms with Gasteiger partial charge in [0.05, 0.1) is 19.5 Å². The van der Waals surface area contributed by atoms with E-state index in [0.717, 1.165) is 0 Å². The Kier molecular flexibility index (Phi) is 9.91. The third-order valence-electron chi connectivity index (χ3n) is 3.85. The zero-order valence-electron chi connectivity index (χ0n) is 15.8. The second-order valence-corrected chi connectivity index (χ2v) is 6.24. The minimum absolute atomic E-state index is 0.0201. The van der Waals surface area contributed by atoms with E-state index in [1.807, 2.05) is 0 Å². The number of nitrogens with two attached hydrogens (primary N) is 1. The highest BCUT2D eigenvalue weighted by molar-refractivity contribution is 5.92. The summed E-state index contributed by atoms with van der Waals surface area (Å²) in [5.74, 6) is -5.06. The number of aliphatic carboxylic acids is 2. The molecule has 0 aliphatic heterocycles. The van der Waals surface area contributed by atoms with E-state index in [4.69, 9.17) is 21.1 Å². The Hall–Kier alpha value is -3.52. The number of carboxylic acid groups (broad SMARTS) is 2. The van der Waals surface area contributed by atoms with Gasteiger partial charge >= 0.3 is 11.9 Å². The minimum Gasteiger partial charge on any atom is -0.481 e. The molecule has 3 atom stereocenters. The molecular weight excluding hydrogens is 404 g/mol. The van der Waals surface area contributed by atoms with Gasteiger partial charge in [-0.15, -0.1) is 0 Å². The van der Waals surface area contributed by atoms with Crippen LogP contribution in [0, 0.1) is 0 Å². The maximum Gasteiger partial charge on any atom is 0.326 e. The molecule has 0 aliphatic rings. The van der Waals surface area contributed by atoms with Gasteiger partial charge in [-0.2, -0.15) is 0 Å². The fourth-order valence-corrected chi connectivity index (χ4v) is 2.25. The van der Waals surface area contributed by atoms with Gasteiger partial charge in [0.25, 0.3) is 0 Å². The molecule has 1 aromatic heterocycles. The molecule has 0 fully saturated rings. The summed E-state index contributed by atoms with van der Waals surface area (Å²) >= 11 is 0. The van der Waals surface area contributed by atoms with Gasteiger partial charge < -0.3 is 42.0 Å². The van der Waals surface area contributed by atoms with E-state index in [2.05, 4.69) is 25.9 Å². The van der Waals surface area contributed by atoms with Crippen LogP contribution < -0.4 is 21.7 Å². The van der Waals surface area contributed by atoms with Crippen molar-refractivity contribution >= 4 is 29.7 Å². The average molecular weight is 428 g/mol. The molecule has 0 radical (unpaired) electrons. The normalized spacial score (nSPS) is 13.5. The lowest BCUT2D eigenvalue weighted by atomic mass is 10.1. The number of amides is 3. The molecule has 14 nitrogen and oxygen atoms in total. The van der Waals surface area contributed by atoms with Crippen LogP contribution in [0.4, 0.5) is 0 Å². The van der Waals surface area contributed by atoms with Crippen molar-refractivity contribution in [2.24, 2.45) is 5.73 Å². The Morgan fingerprint density at radius 1 is 1.10 bits per heavy atom. The van der Waals surface area contributed by atoms with Crippen LogP contribution in [0.2, 0.25) is 0 Å². The van der Waals surface area contributed by atoms with Crippen molar-refractivity contribution in [3.05, 3.63) is 18.2 Å². The zero-order chi connectivity index (χ0) is 22.7. The van der Waals surface area contributed by atoms with Gasteiger partial charge in [0.2, 0.25) is 17.7 Å². The number of carbonyl (C=O) groups is 5. The Morgan fingerprint density at radius 3 is 2.33 bits per heavy atom. The molecule has 9 N–H and O–H groups in total. The second kappa shape index (κ2) is 12.1. The van der Waals surface area contributed by atoms with E-state index < -0.39 is 67.4 Å². The number of H-pyrrole nitrogens is 1. The van der Waals surface area contributed by atoms with E-state index in [-0.39, 0.29) is 12.8 Å². The third kappa shape index (κ3) is 8.66. The van der Waals surface area contributed by atoms with E-state index >= 15 is 0 Å². The van der Waals surface area contributed by atoms with Crippen molar-refractivity contribution in [2.45, 2.75) is 37.4 Å². The number of imidazole rings is 1. The molecule has 0 bridgehead atoms. The first-order valence-corrected chi connectivity index (χ1v) is 8.79. The molecule has 3 amide bonds. The first-order chi connectivity index (χ1) is 14.1. The molecule has 3 unspecified atom stereocenters. The molecule has 0 spiro atoms. The Bertz CT molecular complexity index is 753. The summed E-state index contributed by atoms with van der Waals surface area (Å²) in [6, 6.07) is -3.85. The van der Waals surface area contributed by atoms with Crippen LogP contribution in [-0.2, 0) is 30.4 Å². The van der Waals surface area contributed by atoms with Crippen molar-refractivity contribution in [3.8, 4) is 0 Å². The summed E-state index contributed by atoms with van der Waals surface area (Å²) < 4.78 is 0. The van der Waals surface area contributed by atoms with Gasteiger partial charge in [0.15, 0.2) is 0 Å². The Morgan fingerprint density at radius 2 is 1.80 bits per heavy atom. The van der Waals surface area contributed by atoms with Crippen molar-refractivity contribution in [2.75, 3.05) is 13.2 Å². The number of hydrogen-bond donors (Lipinski definition) is 8. The summed E-state index contributed by atoms with van der Waals surface area (Å²) in [5.41, 5.74) is 5.92. The molecule has 166 valence electrons. The fourth-order valence-electron chi connectivity index (χ4n) is 2.25. The first kappa shape index (κ1) is 24.5. The number of carboxylic acids is 2. The van der Waals surface area contributed by atoms with Gasteiger partial charge in [0, 0.05) is 24.7 Å². The molecule has 1 aromatic rings. The quantitative estimate of drug-likeness (QED) is 0.153. The van der Waals surface area contributed by atoms with Crippen molar-refractivity contribution in [1.82, 2.24) is 25.9 Å². The number of rotatable bonds is 13. The highest BCUT2D eigenvalue weighted by Crippen LogP contribution is 2.00. The highest BCUT2D eigenvalue weighted by atomic mass is 16.4. The summed E-state index contributed by atoms with van der Waals surface area (Å²) in [6.45, 7) is -1.25. The van der Waals surface area contributed by atoms with Crippen LogP contribution in [0.1, 0.15) is 18.5 Å². The smallest absolute Gasteiger partial charge is 0.326 e. The lowest BCUT2D eigenvalue weighted by Gasteiger charge is -2.20. The van der Waals surface area contributed by atoms with Gasteiger partial charge in [-0.3, -0.25) is 19.2 Å². The highest BCUT2D eigenvalue weighted by Gasteiger charge is 2.26. The molecule has 0 aliphatic carbocycles. The van der Waals surface area contributed by atoms with Crippen LogP contribution in [0.5, 0.6) is 0 Å². The van der Waals surface area contributed by atoms with Crippen LogP contribution in [0.25, 0.3) is 0 Å². The molecule has 0 saturated heterocycles.